The van der Waals surface area contributed by atoms with Crippen LogP contribution in [0.25, 0.3) is 0 Å². The quantitative estimate of drug-likeness (QED) is 0.497. The van der Waals surface area contributed by atoms with Crippen LogP contribution in [0.1, 0.15) is 16.8 Å². The summed E-state index contributed by atoms with van der Waals surface area (Å²) in [5.74, 6) is 0.630. The summed E-state index contributed by atoms with van der Waals surface area (Å²) in [5.41, 5.74) is 7.25. The van der Waals surface area contributed by atoms with Gasteiger partial charge in [-0.05, 0) is 30.6 Å². The number of rotatable bonds is 6. The zero-order valence-corrected chi connectivity index (χ0v) is 13.0. The SMILES string of the molecule is COC(=O)c1cc(N)cc(Cl)c1N(C)CCCSC. The van der Waals surface area contributed by atoms with Crippen molar-refractivity contribution in [2.45, 2.75) is 6.42 Å². The van der Waals surface area contributed by atoms with E-state index in [0.717, 1.165) is 18.7 Å². The van der Waals surface area contributed by atoms with Gasteiger partial charge >= 0.3 is 5.97 Å². The van der Waals surface area contributed by atoms with Crippen LogP contribution in [0.5, 0.6) is 0 Å². The van der Waals surface area contributed by atoms with Gasteiger partial charge in [-0.2, -0.15) is 11.8 Å². The minimum absolute atomic E-state index is 0.402. The van der Waals surface area contributed by atoms with Gasteiger partial charge in [-0.15, -0.1) is 0 Å². The molecule has 1 rings (SSSR count). The van der Waals surface area contributed by atoms with Crippen LogP contribution in [-0.4, -0.2) is 38.7 Å². The molecule has 0 radical (unpaired) electrons. The monoisotopic (exact) mass is 302 g/mol. The first-order valence-corrected chi connectivity index (χ1v) is 7.65. The fourth-order valence-electron chi connectivity index (χ4n) is 1.83. The van der Waals surface area contributed by atoms with Gasteiger partial charge in [0.2, 0.25) is 0 Å². The second-order valence-electron chi connectivity index (χ2n) is 4.16. The van der Waals surface area contributed by atoms with Crippen LogP contribution in [0.4, 0.5) is 11.4 Å². The van der Waals surface area contributed by atoms with Gasteiger partial charge < -0.3 is 15.4 Å². The van der Waals surface area contributed by atoms with E-state index in [2.05, 4.69) is 6.26 Å². The summed E-state index contributed by atoms with van der Waals surface area (Å²) in [6.07, 6.45) is 3.08. The number of nitrogens with two attached hydrogens (primary N) is 1. The molecule has 0 saturated heterocycles. The first kappa shape index (κ1) is 16.0. The van der Waals surface area contributed by atoms with Crippen molar-refractivity contribution in [2.24, 2.45) is 0 Å². The highest BCUT2D eigenvalue weighted by molar-refractivity contribution is 7.98. The molecule has 0 bridgehead atoms. The number of ether oxygens (including phenoxy) is 1. The highest BCUT2D eigenvalue weighted by Gasteiger charge is 2.19. The molecule has 106 valence electrons. The van der Waals surface area contributed by atoms with Crippen molar-refractivity contribution in [2.75, 3.05) is 43.3 Å². The Kier molecular flexibility index (Phi) is 6.31. The molecular weight excluding hydrogens is 284 g/mol. The van der Waals surface area contributed by atoms with E-state index in [-0.39, 0.29) is 0 Å². The van der Waals surface area contributed by atoms with Crippen molar-refractivity contribution >= 4 is 40.7 Å². The van der Waals surface area contributed by atoms with Gasteiger partial charge in [-0.3, -0.25) is 0 Å². The number of hydrogen-bond acceptors (Lipinski definition) is 5. The molecule has 0 aliphatic carbocycles. The summed E-state index contributed by atoms with van der Waals surface area (Å²) in [4.78, 5) is 13.8. The number of nitrogen functional groups attached to an aromatic ring is 1. The maximum Gasteiger partial charge on any atom is 0.340 e. The van der Waals surface area contributed by atoms with Gasteiger partial charge in [0.25, 0.3) is 0 Å². The molecule has 1 aromatic rings. The van der Waals surface area contributed by atoms with Crippen LogP contribution in [-0.2, 0) is 4.74 Å². The van der Waals surface area contributed by atoms with Gasteiger partial charge in [-0.1, -0.05) is 11.6 Å². The van der Waals surface area contributed by atoms with Crippen molar-refractivity contribution in [3.63, 3.8) is 0 Å². The first-order chi connectivity index (χ1) is 9.01. The van der Waals surface area contributed by atoms with Gasteiger partial charge in [0.05, 0.1) is 23.4 Å². The lowest BCUT2D eigenvalue weighted by Gasteiger charge is -2.23. The second-order valence-corrected chi connectivity index (χ2v) is 5.55. The summed E-state index contributed by atoms with van der Waals surface area (Å²) in [6, 6.07) is 3.24. The topological polar surface area (TPSA) is 55.6 Å². The summed E-state index contributed by atoms with van der Waals surface area (Å²) in [6.45, 7) is 0.814. The number of nitrogens with zero attached hydrogens (tertiary/aromatic N) is 1. The minimum atomic E-state index is -0.430. The smallest absolute Gasteiger partial charge is 0.340 e. The number of halogens is 1. The van der Waals surface area contributed by atoms with Crippen LogP contribution in [0.3, 0.4) is 0 Å². The van der Waals surface area contributed by atoms with Crippen molar-refractivity contribution in [1.82, 2.24) is 0 Å². The molecule has 19 heavy (non-hydrogen) atoms. The second kappa shape index (κ2) is 7.50. The minimum Gasteiger partial charge on any atom is -0.465 e. The number of carbonyl (C=O) groups excluding carboxylic acids is 1. The molecule has 2 N–H and O–H groups in total. The van der Waals surface area contributed by atoms with E-state index in [1.807, 2.05) is 11.9 Å². The Bertz CT molecular complexity index is 455. The van der Waals surface area contributed by atoms with E-state index in [1.165, 1.54) is 7.11 Å². The predicted octanol–water partition coefficient (Wildman–Crippen LogP) is 2.90. The molecule has 1 aromatic carbocycles. The van der Waals surface area contributed by atoms with Crippen LogP contribution in [0, 0.1) is 0 Å². The van der Waals surface area contributed by atoms with Gasteiger partial charge in [0, 0.05) is 19.3 Å². The molecule has 0 spiro atoms. The maximum absolute atomic E-state index is 11.8. The van der Waals surface area contributed by atoms with Crippen LogP contribution >= 0.6 is 23.4 Å². The Balaban J connectivity index is 3.06. The number of carbonyl (C=O) groups is 1. The average molecular weight is 303 g/mol. The third kappa shape index (κ3) is 4.21. The lowest BCUT2D eigenvalue weighted by molar-refractivity contribution is 0.0601. The molecule has 0 aliphatic heterocycles. The standard InChI is InChI=1S/C13H19ClN2O2S/c1-16(5-4-6-19-3)12-10(13(17)18-2)7-9(15)8-11(12)14/h7-8H,4-6,15H2,1-3H3. The number of thioether (sulfide) groups is 1. The normalized spacial score (nSPS) is 10.3. The molecule has 4 nitrogen and oxygen atoms in total. The first-order valence-electron chi connectivity index (χ1n) is 5.88. The molecule has 0 aliphatic rings. The van der Waals surface area contributed by atoms with E-state index in [0.29, 0.717) is 22.0 Å². The highest BCUT2D eigenvalue weighted by atomic mass is 35.5. The number of esters is 1. The summed E-state index contributed by atoms with van der Waals surface area (Å²) >= 11 is 8.00. The third-order valence-electron chi connectivity index (χ3n) is 2.71. The van der Waals surface area contributed by atoms with Crippen LogP contribution in [0.2, 0.25) is 5.02 Å². The average Bonchev–Trinajstić information content (AvgIpc) is 2.36. The fourth-order valence-corrected chi connectivity index (χ4v) is 2.62. The molecule has 0 atom stereocenters. The maximum atomic E-state index is 11.8. The lowest BCUT2D eigenvalue weighted by Crippen LogP contribution is -2.22. The Morgan fingerprint density at radius 2 is 2.21 bits per heavy atom. The Morgan fingerprint density at radius 1 is 1.53 bits per heavy atom. The summed E-state index contributed by atoms with van der Waals surface area (Å²) in [5, 5.41) is 0.465. The molecule has 0 amide bonds. The number of benzene rings is 1. The van der Waals surface area contributed by atoms with Crippen molar-refractivity contribution in [1.29, 1.82) is 0 Å². The van der Waals surface area contributed by atoms with E-state index >= 15 is 0 Å². The van der Waals surface area contributed by atoms with E-state index in [9.17, 15) is 4.79 Å². The van der Waals surface area contributed by atoms with Gasteiger partial charge in [-0.25, -0.2) is 4.79 Å². The zero-order valence-electron chi connectivity index (χ0n) is 11.4. The van der Waals surface area contributed by atoms with Gasteiger partial charge in [0.15, 0.2) is 0 Å². The Morgan fingerprint density at radius 3 is 2.79 bits per heavy atom. The fraction of sp³-hybridized carbons (Fsp3) is 0.462. The van der Waals surface area contributed by atoms with Crippen molar-refractivity contribution in [3.05, 3.63) is 22.7 Å². The summed E-state index contributed by atoms with van der Waals surface area (Å²) in [7, 11) is 3.25. The lowest BCUT2D eigenvalue weighted by atomic mass is 10.1. The largest absolute Gasteiger partial charge is 0.465 e. The molecular formula is C13H19ClN2O2S. The molecule has 0 saturated carbocycles. The predicted molar refractivity (Wildman–Crippen MR) is 83.5 cm³/mol. The third-order valence-corrected chi connectivity index (χ3v) is 3.70. The van der Waals surface area contributed by atoms with Crippen LogP contribution in [0.15, 0.2) is 12.1 Å². The summed E-state index contributed by atoms with van der Waals surface area (Å²) < 4.78 is 4.78. The van der Waals surface area contributed by atoms with Crippen molar-refractivity contribution < 1.29 is 9.53 Å². The van der Waals surface area contributed by atoms with Crippen LogP contribution < -0.4 is 10.6 Å². The molecule has 0 unspecified atom stereocenters. The Labute approximate surface area is 123 Å². The number of methoxy groups -OCH3 is 1. The van der Waals surface area contributed by atoms with Gasteiger partial charge in [0.1, 0.15) is 0 Å². The highest BCUT2D eigenvalue weighted by Crippen LogP contribution is 2.32. The number of hydrogen-bond donors (Lipinski definition) is 1. The van der Waals surface area contributed by atoms with E-state index in [1.54, 1.807) is 23.9 Å². The number of anilines is 2. The van der Waals surface area contributed by atoms with Crippen molar-refractivity contribution in [3.8, 4) is 0 Å². The molecule has 0 fully saturated rings. The zero-order chi connectivity index (χ0) is 14.4. The Hall–Kier alpha value is -1.07. The molecule has 6 heteroatoms. The van der Waals surface area contributed by atoms with E-state index in [4.69, 9.17) is 22.1 Å². The molecule has 0 aromatic heterocycles. The van der Waals surface area contributed by atoms with E-state index < -0.39 is 5.97 Å². The molecule has 0 heterocycles.